The molecule has 1 saturated heterocycles. The summed E-state index contributed by atoms with van der Waals surface area (Å²) in [6.45, 7) is 15.0. The van der Waals surface area contributed by atoms with Gasteiger partial charge in [-0.1, -0.05) is 94.4 Å². The highest BCUT2D eigenvalue weighted by Gasteiger charge is 2.82. The van der Waals surface area contributed by atoms with Crippen LogP contribution >= 0.6 is 0 Å². The molecule has 0 aromatic heterocycles. The van der Waals surface area contributed by atoms with Crippen molar-refractivity contribution in [1.29, 1.82) is 0 Å². The Balaban J connectivity index is 0.000000174. The highest BCUT2D eigenvalue weighted by molar-refractivity contribution is 5.93. The standard InChI is InChI=1S/C29H41NO4.C21H27NO/c1-25(2,3)26(4,32)20-15-27-10-11-29(20,33-5)24-28(27)12-13-30(16-17-6-7-17)21(27)14-18-8-9-19(31)23(34-24)22(18)28;1-5-20(23)21(16-17(2)22(3)4,18-12-8-6-9-13-18)19-14-10-7-11-15-19/h8-9,17,20-21,24,31-32H,6-7,10-16H2,1-5H3;6-15,17H,5,16H2,1-4H3/t20-,21-,24-,26+,27-,28+,29+;/m1./s1. The number of hydrogen-bond donors (Lipinski definition) is 2. The molecule has 2 aliphatic heterocycles. The summed E-state index contributed by atoms with van der Waals surface area (Å²) >= 11 is 0. The molecule has 10 rings (SSSR count). The molecule has 0 radical (unpaired) electrons. The second-order valence-electron chi connectivity index (χ2n) is 20.2. The van der Waals surface area contributed by atoms with Gasteiger partial charge in [-0.05, 0) is 120 Å². The van der Waals surface area contributed by atoms with Crippen molar-refractivity contribution in [3.8, 4) is 11.5 Å². The number of phenols is 1. The molecule has 8 atom stereocenters. The minimum Gasteiger partial charge on any atom is -0.504 e. The molecule has 7 aliphatic rings. The predicted octanol–water partition coefficient (Wildman–Crippen LogP) is 8.71. The lowest BCUT2D eigenvalue weighted by Gasteiger charge is -2.75. The number of fused-ring (bicyclic) bond motifs is 2. The van der Waals surface area contributed by atoms with Crippen LogP contribution in [-0.4, -0.2) is 89.5 Å². The van der Waals surface area contributed by atoms with Crippen molar-refractivity contribution in [2.24, 2.45) is 22.7 Å². The molecule has 5 fully saturated rings. The van der Waals surface area contributed by atoms with Gasteiger partial charge in [0, 0.05) is 54.5 Å². The van der Waals surface area contributed by atoms with Crippen molar-refractivity contribution in [3.63, 3.8) is 0 Å². The summed E-state index contributed by atoms with van der Waals surface area (Å²) in [5, 5.41) is 23.2. The Bertz CT molecular complexity index is 1910. The summed E-state index contributed by atoms with van der Waals surface area (Å²) in [5.41, 5.74) is 2.38. The molecule has 1 unspecified atom stereocenters. The van der Waals surface area contributed by atoms with Gasteiger partial charge in [0.15, 0.2) is 11.5 Å². The van der Waals surface area contributed by atoms with Gasteiger partial charge in [0.25, 0.3) is 0 Å². The van der Waals surface area contributed by atoms with Crippen LogP contribution in [0.25, 0.3) is 0 Å². The number of hydrogen-bond acceptors (Lipinski definition) is 7. The maximum Gasteiger partial charge on any atom is 0.165 e. The van der Waals surface area contributed by atoms with E-state index >= 15 is 0 Å². The number of nitrogens with zero attached hydrogens (tertiary/aromatic N) is 2. The Morgan fingerprint density at radius 2 is 1.60 bits per heavy atom. The first kappa shape index (κ1) is 40.5. The number of carbonyl (C=O) groups is 1. The minimum atomic E-state index is -0.909. The highest BCUT2D eigenvalue weighted by atomic mass is 16.6. The van der Waals surface area contributed by atoms with E-state index in [4.69, 9.17) is 9.47 Å². The topological polar surface area (TPSA) is 82.5 Å². The normalized spacial score (nSPS) is 31.5. The number of ether oxygens (including phenoxy) is 2. The SMILES string of the molecule is CCC(=O)C(CC(C)N(C)C)(c1ccccc1)c1ccccc1.CO[C@@]12CC[C@@]3(C[C@@H]1[C@](C)(O)C(C)(C)C)[C@H]1Cc4ccc(O)c5c4[C@@]3(CCN1CC1CC1)[C@H]2O5. The lowest BCUT2D eigenvalue weighted by Crippen LogP contribution is -2.83. The van der Waals surface area contributed by atoms with Crippen LogP contribution < -0.4 is 4.74 Å². The third kappa shape index (κ3) is 5.83. The van der Waals surface area contributed by atoms with Crippen LogP contribution in [0.3, 0.4) is 0 Å². The van der Waals surface area contributed by atoms with E-state index in [1.807, 2.05) is 63.4 Å². The van der Waals surface area contributed by atoms with Crippen molar-refractivity contribution in [3.05, 3.63) is 95.1 Å². The molecular weight excluding hydrogens is 709 g/mol. The Morgan fingerprint density at radius 3 is 2.14 bits per heavy atom. The van der Waals surface area contributed by atoms with Gasteiger partial charge in [-0.15, -0.1) is 0 Å². The molecule has 2 spiro atoms. The Kier molecular flexibility index (Phi) is 10.1. The molecule has 2 heterocycles. The number of ketones is 1. The summed E-state index contributed by atoms with van der Waals surface area (Å²) in [6.07, 6.45) is 8.95. The molecular formula is C50H68N2O5. The van der Waals surface area contributed by atoms with Gasteiger partial charge in [-0.2, -0.15) is 0 Å². The van der Waals surface area contributed by atoms with Crippen LogP contribution in [0, 0.1) is 22.7 Å². The molecule has 308 valence electrons. The third-order valence-corrected chi connectivity index (χ3v) is 16.7. The zero-order valence-corrected chi connectivity index (χ0v) is 36.1. The first-order valence-electron chi connectivity index (χ1n) is 21.9. The average molecular weight is 777 g/mol. The van der Waals surface area contributed by atoms with Gasteiger partial charge in [-0.3, -0.25) is 9.69 Å². The van der Waals surface area contributed by atoms with E-state index in [0.717, 1.165) is 62.1 Å². The number of benzene rings is 3. The van der Waals surface area contributed by atoms with Crippen LogP contribution in [-0.2, 0) is 26.8 Å². The van der Waals surface area contributed by atoms with Gasteiger partial charge in [0.05, 0.1) is 11.0 Å². The van der Waals surface area contributed by atoms with Crippen molar-refractivity contribution in [2.45, 2.75) is 140 Å². The summed E-state index contributed by atoms with van der Waals surface area (Å²) < 4.78 is 13.5. The monoisotopic (exact) mass is 777 g/mol. The predicted molar refractivity (Wildman–Crippen MR) is 227 cm³/mol. The number of Topliss-reactive ketones (excluding diaryl/α,β-unsaturated/α-hetero) is 1. The van der Waals surface area contributed by atoms with E-state index in [9.17, 15) is 15.0 Å². The van der Waals surface area contributed by atoms with Gasteiger partial charge in [0.1, 0.15) is 17.5 Å². The lowest BCUT2D eigenvalue weighted by molar-refractivity contribution is -0.312. The summed E-state index contributed by atoms with van der Waals surface area (Å²) in [5.74, 6) is 2.08. The number of rotatable bonds is 11. The Morgan fingerprint density at radius 1 is 0.965 bits per heavy atom. The average Bonchev–Trinajstić information content (AvgIpc) is 3.95. The van der Waals surface area contributed by atoms with E-state index in [2.05, 4.69) is 81.9 Å². The fraction of sp³-hybridized carbons (Fsp3) is 0.620. The van der Waals surface area contributed by atoms with Crippen LogP contribution in [0.5, 0.6) is 11.5 Å². The van der Waals surface area contributed by atoms with Gasteiger partial charge >= 0.3 is 0 Å². The highest BCUT2D eigenvalue weighted by Crippen LogP contribution is 2.78. The smallest absolute Gasteiger partial charge is 0.165 e. The van der Waals surface area contributed by atoms with Crippen LogP contribution in [0.1, 0.15) is 115 Å². The maximum absolute atomic E-state index is 13.2. The molecule has 7 heteroatoms. The molecule has 3 aromatic rings. The minimum absolute atomic E-state index is 0.0294. The molecule has 5 aliphatic carbocycles. The summed E-state index contributed by atoms with van der Waals surface area (Å²) in [6, 6.07) is 25.2. The van der Waals surface area contributed by atoms with Gasteiger partial charge in [-0.25, -0.2) is 0 Å². The molecule has 2 N–H and O–H groups in total. The number of carbonyl (C=O) groups excluding carboxylic acids is 1. The van der Waals surface area contributed by atoms with E-state index in [-0.39, 0.29) is 39.8 Å². The van der Waals surface area contributed by atoms with Crippen molar-refractivity contribution < 1.29 is 24.5 Å². The first-order valence-corrected chi connectivity index (χ1v) is 21.9. The van der Waals surface area contributed by atoms with E-state index in [0.29, 0.717) is 24.3 Å². The van der Waals surface area contributed by atoms with E-state index in [1.54, 1.807) is 0 Å². The van der Waals surface area contributed by atoms with Crippen LogP contribution in [0.15, 0.2) is 72.8 Å². The first-order chi connectivity index (χ1) is 27.0. The fourth-order valence-electron chi connectivity index (χ4n) is 12.8. The molecule has 4 saturated carbocycles. The lowest BCUT2D eigenvalue weighted by atomic mass is 9.33. The van der Waals surface area contributed by atoms with Crippen molar-refractivity contribution in [2.75, 3.05) is 34.3 Å². The molecule has 4 bridgehead atoms. The van der Waals surface area contributed by atoms with Crippen LogP contribution in [0.2, 0.25) is 0 Å². The molecule has 7 nitrogen and oxygen atoms in total. The quantitative estimate of drug-likeness (QED) is 0.202. The number of methoxy groups -OCH3 is 1. The van der Waals surface area contributed by atoms with E-state index < -0.39 is 16.6 Å². The molecule has 0 amide bonds. The largest absolute Gasteiger partial charge is 0.504 e. The van der Waals surface area contributed by atoms with Crippen molar-refractivity contribution >= 4 is 5.78 Å². The van der Waals surface area contributed by atoms with Gasteiger partial charge < -0.3 is 24.6 Å². The zero-order chi connectivity index (χ0) is 40.8. The summed E-state index contributed by atoms with van der Waals surface area (Å²) in [7, 11) is 5.97. The second kappa shape index (κ2) is 14.2. The Hall–Kier alpha value is -3.23. The Labute approximate surface area is 342 Å². The zero-order valence-electron chi connectivity index (χ0n) is 36.1. The maximum atomic E-state index is 13.2. The van der Waals surface area contributed by atoms with Crippen molar-refractivity contribution in [1.82, 2.24) is 9.80 Å². The number of phenolic OH excluding ortho intramolecular Hbond substituents is 1. The number of aromatic hydroxyl groups is 1. The second-order valence-corrected chi connectivity index (χ2v) is 20.2. The number of piperidine rings is 1. The van der Waals surface area contributed by atoms with E-state index in [1.165, 1.54) is 30.5 Å². The summed E-state index contributed by atoms with van der Waals surface area (Å²) in [4.78, 5) is 18.2. The third-order valence-electron chi connectivity index (χ3n) is 16.7. The fourth-order valence-corrected chi connectivity index (χ4v) is 12.8. The van der Waals surface area contributed by atoms with Crippen LogP contribution in [0.4, 0.5) is 0 Å². The molecule has 3 aromatic carbocycles. The number of likely N-dealkylation sites (tertiary alicyclic amines) is 1. The molecule has 57 heavy (non-hydrogen) atoms. The van der Waals surface area contributed by atoms with Gasteiger partial charge in [0.2, 0.25) is 0 Å². The number of aliphatic hydroxyl groups is 1.